The minimum atomic E-state index is -0.400. The highest BCUT2D eigenvalue weighted by Crippen LogP contribution is 2.25. The summed E-state index contributed by atoms with van der Waals surface area (Å²) in [6.45, 7) is 4.76. The molecule has 0 aliphatic carbocycles. The van der Waals surface area contributed by atoms with Crippen molar-refractivity contribution in [3.05, 3.63) is 29.8 Å². The van der Waals surface area contributed by atoms with E-state index in [1.54, 1.807) is 6.92 Å². The van der Waals surface area contributed by atoms with E-state index in [1.165, 1.54) is 5.69 Å². The van der Waals surface area contributed by atoms with Crippen LogP contribution in [0.5, 0.6) is 0 Å². The van der Waals surface area contributed by atoms with E-state index in [4.69, 9.17) is 4.74 Å². The lowest BCUT2D eigenvalue weighted by Crippen LogP contribution is -2.36. The highest BCUT2D eigenvalue weighted by Gasteiger charge is 2.27. The van der Waals surface area contributed by atoms with Crippen LogP contribution in [-0.2, 0) is 4.74 Å². The van der Waals surface area contributed by atoms with Gasteiger partial charge in [0, 0.05) is 19.3 Å². The fourth-order valence-electron chi connectivity index (χ4n) is 2.41. The van der Waals surface area contributed by atoms with Crippen LogP contribution in [0.25, 0.3) is 0 Å². The van der Waals surface area contributed by atoms with Crippen LogP contribution < -0.4 is 4.90 Å². The molecule has 2 rings (SSSR count). The molecule has 1 aliphatic rings. The van der Waals surface area contributed by atoms with E-state index in [-0.39, 0.29) is 6.10 Å². The van der Waals surface area contributed by atoms with Crippen molar-refractivity contribution in [2.24, 2.45) is 0 Å². The van der Waals surface area contributed by atoms with E-state index in [9.17, 15) is 5.11 Å². The molecule has 0 radical (unpaired) electrons. The zero-order valence-corrected chi connectivity index (χ0v) is 10.8. The molecular formula is C14H21NO2. The van der Waals surface area contributed by atoms with Gasteiger partial charge in [0.25, 0.3) is 0 Å². The summed E-state index contributed by atoms with van der Waals surface area (Å²) in [5, 5.41) is 9.47. The molecular weight excluding hydrogens is 214 g/mol. The van der Waals surface area contributed by atoms with Gasteiger partial charge >= 0.3 is 0 Å². The SMILES string of the molecule is CC(O)c1ccc(N(C)C2CCOC2C)cc1. The van der Waals surface area contributed by atoms with Gasteiger partial charge < -0.3 is 14.7 Å². The average molecular weight is 235 g/mol. The van der Waals surface area contributed by atoms with Crippen molar-refractivity contribution in [2.45, 2.75) is 38.5 Å². The number of ether oxygens (including phenoxy) is 1. The first-order valence-corrected chi connectivity index (χ1v) is 6.22. The molecule has 0 bridgehead atoms. The number of likely N-dealkylation sites (N-methyl/N-ethyl adjacent to an activating group) is 1. The number of benzene rings is 1. The van der Waals surface area contributed by atoms with Gasteiger partial charge in [0.05, 0.1) is 18.2 Å². The fraction of sp³-hybridized carbons (Fsp3) is 0.571. The molecule has 0 spiro atoms. The molecule has 1 aromatic carbocycles. The Morgan fingerprint density at radius 1 is 1.35 bits per heavy atom. The Labute approximate surface area is 103 Å². The van der Waals surface area contributed by atoms with Crippen LogP contribution in [0, 0.1) is 0 Å². The van der Waals surface area contributed by atoms with E-state index in [0.717, 1.165) is 18.6 Å². The number of rotatable bonds is 3. The summed E-state index contributed by atoms with van der Waals surface area (Å²) in [4.78, 5) is 2.27. The van der Waals surface area contributed by atoms with Crippen molar-refractivity contribution in [2.75, 3.05) is 18.6 Å². The maximum atomic E-state index is 9.47. The second kappa shape index (κ2) is 5.07. The van der Waals surface area contributed by atoms with Crippen LogP contribution in [0.4, 0.5) is 5.69 Å². The minimum Gasteiger partial charge on any atom is -0.389 e. The maximum Gasteiger partial charge on any atom is 0.0761 e. The molecule has 3 heteroatoms. The van der Waals surface area contributed by atoms with Gasteiger partial charge in [0.1, 0.15) is 0 Å². The lowest BCUT2D eigenvalue weighted by atomic mass is 10.1. The summed E-state index contributed by atoms with van der Waals surface area (Å²) in [6, 6.07) is 8.54. The Balaban J connectivity index is 2.11. The Kier molecular flexibility index (Phi) is 3.69. The molecule has 17 heavy (non-hydrogen) atoms. The standard InChI is InChI=1S/C14H21NO2/c1-10(16)12-4-6-13(7-5-12)15(3)14-8-9-17-11(14)2/h4-7,10-11,14,16H,8-9H2,1-3H3. The van der Waals surface area contributed by atoms with Crippen LogP contribution in [0.3, 0.4) is 0 Å². The van der Waals surface area contributed by atoms with E-state index in [0.29, 0.717) is 6.04 Å². The maximum absolute atomic E-state index is 9.47. The number of aliphatic hydroxyl groups excluding tert-OH is 1. The summed E-state index contributed by atoms with van der Waals surface area (Å²) >= 11 is 0. The normalized spacial score (nSPS) is 25.9. The second-order valence-corrected chi connectivity index (χ2v) is 4.81. The predicted molar refractivity (Wildman–Crippen MR) is 69.3 cm³/mol. The first-order valence-electron chi connectivity index (χ1n) is 6.22. The van der Waals surface area contributed by atoms with Crippen LogP contribution in [-0.4, -0.2) is 30.9 Å². The molecule has 1 fully saturated rings. The number of anilines is 1. The van der Waals surface area contributed by atoms with E-state index in [2.05, 4.69) is 31.0 Å². The topological polar surface area (TPSA) is 32.7 Å². The summed E-state index contributed by atoms with van der Waals surface area (Å²) in [6.07, 6.45) is 0.968. The lowest BCUT2D eigenvalue weighted by Gasteiger charge is -2.29. The summed E-state index contributed by atoms with van der Waals surface area (Å²) < 4.78 is 5.59. The number of aliphatic hydroxyl groups is 1. The fourth-order valence-corrected chi connectivity index (χ4v) is 2.41. The highest BCUT2D eigenvalue weighted by atomic mass is 16.5. The number of nitrogens with zero attached hydrogens (tertiary/aromatic N) is 1. The van der Waals surface area contributed by atoms with Gasteiger partial charge in [-0.15, -0.1) is 0 Å². The predicted octanol–water partition coefficient (Wildman–Crippen LogP) is 2.35. The van der Waals surface area contributed by atoms with Crippen molar-refractivity contribution in [3.8, 4) is 0 Å². The van der Waals surface area contributed by atoms with Crippen LogP contribution in [0.15, 0.2) is 24.3 Å². The molecule has 1 aliphatic heterocycles. The second-order valence-electron chi connectivity index (χ2n) is 4.81. The van der Waals surface area contributed by atoms with Crippen molar-refractivity contribution >= 4 is 5.69 Å². The molecule has 0 amide bonds. The minimum absolute atomic E-state index is 0.288. The third kappa shape index (κ3) is 2.61. The summed E-state index contributed by atoms with van der Waals surface area (Å²) in [5.41, 5.74) is 2.13. The van der Waals surface area contributed by atoms with Gasteiger partial charge in [-0.05, 0) is 38.0 Å². The van der Waals surface area contributed by atoms with Gasteiger partial charge in [0.2, 0.25) is 0 Å². The van der Waals surface area contributed by atoms with Crippen LogP contribution >= 0.6 is 0 Å². The molecule has 1 saturated heterocycles. The van der Waals surface area contributed by atoms with E-state index >= 15 is 0 Å². The monoisotopic (exact) mass is 235 g/mol. The molecule has 3 nitrogen and oxygen atoms in total. The number of hydrogen-bond acceptors (Lipinski definition) is 3. The Morgan fingerprint density at radius 3 is 2.47 bits per heavy atom. The third-order valence-corrected chi connectivity index (χ3v) is 3.62. The zero-order valence-electron chi connectivity index (χ0n) is 10.8. The van der Waals surface area contributed by atoms with Crippen molar-refractivity contribution in [3.63, 3.8) is 0 Å². The summed E-state index contributed by atoms with van der Waals surface area (Å²) in [5.74, 6) is 0. The van der Waals surface area contributed by atoms with Crippen molar-refractivity contribution in [1.29, 1.82) is 0 Å². The first-order chi connectivity index (χ1) is 8.09. The molecule has 0 aromatic heterocycles. The Hall–Kier alpha value is -1.06. The van der Waals surface area contributed by atoms with E-state index in [1.807, 2.05) is 12.1 Å². The molecule has 1 aromatic rings. The first kappa shape index (κ1) is 12.4. The van der Waals surface area contributed by atoms with Crippen molar-refractivity contribution in [1.82, 2.24) is 0 Å². The molecule has 3 unspecified atom stereocenters. The van der Waals surface area contributed by atoms with Crippen LogP contribution in [0.2, 0.25) is 0 Å². The highest BCUT2D eigenvalue weighted by molar-refractivity contribution is 5.48. The zero-order chi connectivity index (χ0) is 12.4. The third-order valence-electron chi connectivity index (χ3n) is 3.62. The van der Waals surface area contributed by atoms with Gasteiger partial charge in [0.15, 0.2) is 0 Å². The smallest absolute Gasteiger partial charge is 0.0761 e. The largest absolute Gasteiger partial charge is 0.389 e. The molecule has 94 valence electrons. The molecule has 0 saturated carbocycles. The Bertz CT molecular complexity index is 361. The molecule has 1 N–H and O–H groups in total. The molecule has 1 heterocycles. The molecule has 3 atom stereocenters. The van der Waals surface area contributed by atoms with Crippen LogP contribution in [0.1, 0.15) is 31.9 Å². The Morgan fingerprint density at radius 2 is 2.00 bits per heavy atom. The van der Waals surface area contributed by atoms with Gasteiger partial charge in [-0.1, -0.05) is 12.1 Å². The van der Waals surface area contributed by atoms with E-state index < -0.39 is 6.10 Å². The van der Waals surface area contributed by atoms with Gasteiger partial charge in [-0.3, -0.25) is 0 Å². The quantitative estimate of drug-likeness (QED) is 0.873. The van der Waals surface area contributed by atoms with Crippen molar-refractivity contribution < 1.29 is 9.84 Å². The van der Waals surface area contributed by atoms with Gasteiger partial charge in [-0.25, -0.2) is 0 Å². The van der Waals surface area contributed by atoms with Gasteiger partial charge in [-0.2, -0.15) is 0 Å². The summed E-state index contributed by atoms with van der Waals surface area (Å²) in [7, 11) is 2.10. The lowest BCUT2D eigenvalue weighted by molar-refractivity contribution is 0.118. The average Bonchev–Trinajstić information content (AvgIpc) is 2.74. The number of hydrogen-bond donors (Lipinski definition) is 1.